The number of aryl methyl sites for hydroxylation is 1. The molecule has 1 nitrogen and oxygen atoms in total. The van der Waals surface area contributed by atoms with E-state index >= 15 is 0 Å². The van der Waals surface area contributed by atoms with Crippen LogP contribution in [-0.4, -0.2) is 0 Å². The predicted octanol–water partition coefficient (Wildman–Crippen LogP) is 5.16. The van der Waals surface area contributed by atoms with E-state index in [4.69, 9.17) is 23.2 Å². The Morgan fingerprint density at radius 2 is 1.90 bits per heavy atom. The summed E-state index contributed by atoms with van der Waals surface area (Å²) in [6, 6.07) is 15.0. The van der Waals surface area contributed by atoms with Gasteiger partial charge in [-0.1, -0.05) is 53.5 Å². The molecule has 2 aromatic carbocycles. The van der Waals surface area contributed by atoms with E-state index in [2.05, 4.69) is 29.6 Å². The third kappa shape index (κ3) is 3.01. The number of halogens is 2. The third-order valence-electron chi connectivity index (χ3n) is 3.91. The van der Waals surface area contributed by atoms with E-state index in [0.717, 1.165) is 6.54 Å². The van der Waals surface area contributed by atoms with E-state index < -0.39 is 0 Å². The van der Waals surface area contributed by atoms with Gasteiger partial charge in [-0.15, -0.1) is 0 Å². The highest BCUT2D eigenvalue weighted by molar-refractivity contribution is 6.42. The summed E-state index contributed by atoms with van der Waals surface area (Å²) in [6.45, 7) is 0.815. The lowest BCUT2D eigenvalue weighted by molar-refractivity contribution is 0.459. The van der Waals surface area contributed by atoms with Gasteiger partial charge in [0, 0.05) is 12.6 Å². The van der Waals surface area contributed by atoms with Gasteiger partial charge < -0.3 is 5.32 Å². The predicted molar refractivity (Wildman–Crippen MR) is 85.4 cm³/mol. The van der Waals surface area contributed by atoms with Gasteiger partial charge in [-0.25, -0.2) is 0 Å². The quantitative estimate of drug-likeness (QED) is 0.826. The van der Waals surface area contributed by atoms with Crippen LogP contribution in [0.3, 0.4) is 0 Å². The second kappa shape index (κ2) is 6.17. The highest BCUT2D eigenvalue weighted by Gasteiger charge is 2.18. The Morgan fingerprint density at radius 3 is 2.75 bits per heavy atom. The number of benzene rings is 2. The average Bonchev–Trinajstić information content (AvgIpc) is 2.48. The average molecular weight is 306 g/mol. The van der Waals surface area contributed by atoms with E-state index in [1.54, 1.807) is 0 Å². The number of rotatable bonds is 3. The fourth-order valence-corrected chi connectivity index (χ4v) is 3.18. The highest BCUT2D eigenvalue weighted by atomic mass is 35.5. The molecule has 0 saturated carbocycles. The van der Waals surface area contributed by atoms with Crippen LogP contribution >= 0.6 is 23.2 Å². The first kappa shape index (κ1) is 13.9. The fourth-order valence-electron chi connectivity index (χ4n) is 2.86. The molecule has 0 aliphatic heterocycles. The molecular formula is C17H17Cl2N. The van der Waals surface area contributed by atoms with Gasteiger partial charge in [0.1, 0.15) is 0 Å². The molecule has 0 radical (unpaired) electrons. The van der Waals surface area contributed by atoms with Crippen LogP contribution in [0.15, 0.2) is 42.5 Å². The minimum absolute atomic E-state index is 0.439. The molecule has 0 heterocycles. The summed E-state index contributed by atoms with van der Waals surface area (Å²) in [5.74, 6) is 0. The first-order chi connectivity index (χ1) is 9.74. The van der Waals surface area contributed by atoms with Gasteiger partial charge in [0.2, 0.25) is 0 Å². The topological polar surface area (TPSA) is 12.0 Å². The Kier molecular flexibility index (Phi) is 4.30. The zero-order valence-electron chi connectivity index (χ0n) is 11.2. The highest BCUT2D eigenvalue weighted by Crippen LogP contribution is 2.30. The lowest BCUT2D eigenvalue weighted by Crippen LogP contribution is -2.24. The molecular weight excluding hydrogens is 289 g/mol. The first-order valence-corrected chi connectivity index (χ1v) is 7.75. The van der Waals surface area contributed by atoms with Crippen LogP contribution < -0.4 is 5.32 Å². The summed E-state index contributed by atoms with van der Waals surface area (Å²) < 4.78 is 0. The van der Waals surface area contributed by atoms with E-state index in [-0.39, 0.29) is 0 Å². The van der Waals surface area contributed by atoms with Crippen LogP contribution in [0.2, 0.25) is 10.0 Å². The molecule has 0 amide bonds. The summed E-state index contributed by atoms with van der Waals surface area (Å²) in [7, 11) is 0. The number of nitrogens with one attached hydrogen (secondary N) is 1. The lowest BCUT2D eigenvalue weighted by Gasteiger charge is -2.26. The standard InChI is InChI=1S/C17H17Cl2N/c18-15-9-8-12(10-16(15)19)11-20-17-7-3-5-13-4-1-2-6-14(13)17/h1-2,4,6,8-10,17,20H,3,5,7,11H2. The van der Waals surface area contributed by atoms with Crippen molar-refractivity contribution in [3.8, 4) is 0 Å². The molecule has 0 aromatic heterocycles. The smallest absolute Gasteiger partial charge is 0.0595 e. The Morgan fingerprint density at radius 1 is 1.05 bits per heavy atom. The molecule has 0 saturated heterocycles. The van der Waals surface area contributed by atoms with E-state index in [0.29, 0.717) is 16.1 Å². The third-order valence-corrected chi connectivity index (χ3v) is 4.65. The van der Waals surface area contributed by atoms with E-state index in [1.165, 1.54) is 36.0 Å². The van der Waals surface area contributed by atoms with Crippen molar-refractivity contribution in [1.82, 2.24) is 5.32 Å². The van der Waals surface area contributed by atoms with Gasteiger partial charge in [0.15, 0.2) is 0 Å². The molecule has 0 spiro atoms. The molecule has 0 bridgehead atoms. The van der Waals surface area contributed by atoms with Crippen LogP contribution in [0.1, 0.15) is 35.6 Å². The molecule has 3 heteroatoms. The normalized spacial score (nSPS) is 17.8. The van der Waals surface area contributed by atoms with Crippen molar-refractivity contribution in [1.29, 1.82) is 0 Å². The summed E-state index contributed by atoms with van der Waals surface area (Å²) in [5.41, 5.74) is 4.09. The Balaban J connectivity index is 1.71. The number of fused-ring (bicyclic) bond motifs is 1. The zero-order valence-corrected chi connectivity index (χ0v) is 12.7. The van der Waals surface area contributed by atoms with Crippen LogP contribution in [0.5, 0.6) is 0 Å². The summed E-state index contributed by atoms with van der Waals surface area (Å²) >= 11 is 12.0. The Hall–Kier alpha value is -1.02. The SMILES string of the molecule is Clc1ccc(CNC2CCCc3ccccc32)cc1Cl. The molecule has 104 valence electrons. The van der Waals surface area contributed by atoms with Crippen molar-refractivity contribution in [2.24, 2.45) is 0 Å². The fraction of sp³-hybridized carbons (Fsp3) is 0.294. The lowest BCUT2D eigenvalue weighted by atomic mass is 9.87. The van der Waals surface area contributed by atoms with Crippen molar-refractivity contribution < 1.29 is 0 Å². The summed E-state index contributed by atoms with van der Waals surface area (Å²) in [4.78, 5) is 0. The Bertz CT molecular complexity index is 610. The molecule has 2 aromatic rings. The van der Waals surface area contributed by atoms with E-state index in [1.807, 2.05) is 18.2 Å². The molecule has 20 heavy (non-hydrogen) atoms. The maximum absolute atomic E-state index is 6.06. The minimum Gasteiger partial charge on any atom is -0.306 e. The molecule has 1 aliphatic carbocycles. The maximum Gasteiger partial charge on any atom is 0.0595 e. The van der Waals surface area contributed by atoms with Crippen LogP contribution in [0.4, 0.5) is 0 Å². The molecule has 1 aliphatic rings. The van der Waals surface area contributed by atoms with Gasteiger partial charge in [-0.2, -0.15) is 0 Å². The second-order valence-corrected chi connectivity index (χ2v) is 6.09. The van der Waals surface area contributed by atoms with Gasteiger partial charge >= 0.3 is 0 Å². The molecule has 1 unspecified atom stereocenters. The van der Waals surface area contributed by atoms with Gasteiger partial charge in [-0.3, -0.25) is 0 Å². The molecule has 1 N–H and O–H groups in total. The first-order valence-electron chi connectivity index (χ1n) is 6.99. The molecule has 0 fully saturated rings. The van der Waals surface area contributed by atoms with Crippen LogP contribution in [0.25, 0.3) is 0 Å². The monoisotopic (exact) mass is 305 g/mol. The van der Waals surface area contributed by atoms with Crippen molar-refractivity contribution in [2.45, 2.75) is 31.8 Å². The van der Waals surface area contributed by atoms with Crippen molar-refractivity contribution in [3.05, 3.63) is 69.2 Å². The zero-order chi connectivity index (χ0) is 13.9. The number of hydrogen-bond donors (Lipinski definition) is 1. The number of hydrogen-bond acceptors (Lipinski definition) is 1. The largest absolute Gasteiger partial charge is 0.306 e. The van der Waals surface area contributed by atoms with Crippen molar-refractivity contribution >= 4 is 23.2 Å². The summed E-state index contributed by atoms with van der Waals surface area (Å²) in [6.07, 6.45) is 3.63. The maximum atomic E-state index is 6.06. The van der Waals surface area contributed by atoms with Gasteiger partial charge in [0.05, 0.1) is 10.0 Å². The molecule has 1 atom stereocenters. The van der Waals surface area contributed by atoms with E-state index in [9.17, 15) is 0 Å². The summed E-state index contributed by atoms with van der Waals surface area (Å²) in [5, 5.41) is 4.87. The Labute approximate surface area is 129 Å². The van der Waals surface area contributed by atoms with Crippen LogP contribution in [-0.2, 0) is 13.0 Å². The minimum atomic E-state index is 0.439. The second-order valence-electron chi connectivity index (χ2n) is 5.27. The van der Waals surface area contributed by atoms with Gasteiger partial charge in [0.25, 0.3) is 0 Å². The van der Waals surface area contributed by atoms with Crippen molar-refractivity contribution in [3.63, 3.8) is 0 Å². The van der Waals surface area contributed by atoms with Gasteiger partial charge in [-0.05, 0) is 48.1 Å². The molecule has 3 rings (SSSR count). The van der Waals surface area contributed by atoms with Crippen molar-refractivity contribution in [2.75, 3.05) is 0 Å². The van der Waals surface area contributed by atoms with Crippen LogP contribution in [0, 0.1) is 0 Å².